The summed E-state index contributed by atoms with van der Waals surface area (Å²) in [5.41, 5.74) is 2.58. The molecule has 0 aromatic carbocycles. The van der Waals surface area contributed by atoms with Gasteiger partial charge in [-0.15, -0.1) is 0 Å². The van der Waals surface area contributed by atoms with Crippen LogP contribution in [0.2, 0.25) is 0 Å². The van der Waals surface area contributed by atoms with Crippen LogP contribution in [-0.4, -0.2) is 24.6 Å². The van der Waals surface area contributed by atoms with E-state index in [1.165, 1.54) is 36.3 Å². The highest BCUT2D eigenvalue weighted by molar-refractivity contribution is 5.43. The molecule has 0 radical (unpaired) electrons. The molecule has 0 atom stereocenters. The van der Waals surface area contributed by atoms with Gasteiger partial charge in [0.05, 0.1) is 0 Å². The van der Waals surface area contributed by atoms with E-state index in [1.807, 2.05) is 0 Å². The van der Waals surface area contributed by atoms with Crippen LogP contribution in [-0.2, 0) is 6.54 Å². The van der Waals surface area contributed by atoms with E-state index in [2.05, 4.69) is 50.0 Å². The summed E-state index contributed by atoms with van der Waals surface area (Å²) in [5.74, 6) is 2.58. The number of nitrogens with zero attached hydrogens (tertiary/aromatic N) is 2. The molecule has 1 aromatic rings. The third-order valence-corrected chi connectivity index (χ3v) is 4.58. The van der Waals surface area contributed by atoms with E-state index in [4.69, 9.17) is 4.98 Å². The van der Waals surface area contributed by atoms with Crippen molar-refractivity contribution in [3.05, 3.63) is 23.4 Å². The van der Waals surface area contributed by atoms with E-state index in [1.54, 1.807) is 0 Å². The summed E-state index contributed by atoms with van der Waals surface area (Å²) in [5, 5.41) is 3.43. The lowest BCUT2D eigenvalue weighted by Gasteiger charge is -2.33. The molecule has 2 rings (SSSR count). The summed E-state index contributed by atoms with van der Waals surface area (Å²) in [6.07, 6.45) is 3.94. The average Bonchev–Trinajstić information content (AvgIpc) is 2.52. The second-order valence-corrected chi connectivity index (χ2v) is 6.53. The first-order valence-corrected chi connectivity index (χ1v) is 8.60. The molecule has 1 aromatic heterocycles. The molecule has 0 bridgehead atoms. The summed E-state index contributed by atoms with van der Waals surface area (Å²) in [6.45, 7) is 13.2. The Morgan fingerprint density at radius 3 is 2.52 bits per heavy atom. The molecule has 1 aliphatic rings. The first-order chi connectivity index (χ1) is 10.1. The molecule has 0 aliphatic carbocycles. The third kappa shape index (κ3) is 4.44. The molecule has 1 saturated heterocycles. The third-order valence-electron chi connectivity index (χ3n) is 4.58. The Morgan fingerprint density at radius 2 is 1.95 bits per heavy atom. The Balaban J connectivity index is 2.15. The van der Waals surface area contributed by atoms with Crippen molar-refractivity contribution in [2.75, 3.05) is 24.5 Å². The molecule has 0 unspecified atom stereocenters. The number of nitrogens with one attached hydrogen (secondary N) is 1. The van der Waals surface area contributed by atoms with Crippen LogP contribution in [0.4, 0.5) is 5.82 Å². The van der Waals surface area contributed by atoms with E-state index in [0.717, 1.165) is 32.1 Å². The first kappa shape index (κ1) is 16.3. The van der Waals surface area contributed by atoms with Crippen molar-refractivity contribution >= 4 is 5.82 Å². The molecule has 1 fully saturated rings. The molecule has 1 N–H and O–H groups in total. The first-order valence-electron chi connectivity index (χ1n) is 8.60. The summed E-state index contributed by atoms with van der Waals surface area (Å²) in [6, 6.07) is 4.54. The second kappa shape index (κ2) is 7.79. The lowest BCUT2D eigenvalue weighted by molar-refractivity contribution is 0.393. The molecule has 0 saturated carbocycles. The minimum absolute atomic E-state index is 0.485. The fourth-order valence-corrected chi connectivity index (χ4v) is 2.99. The predicted octanol–water partition coefficient (Wildman–Crippen LogP) is 3.94. The molecular formula is C18H31N3. The normalized spacial score (nSPS) is 16.7. The van der Waals surface area contributed by atoms with Gasteiger partial charge in [0.15, 0.2) is 0 Å². The fraction of sp³-hybridized carbons (Fsp3) is 0.722. The number of rotatable bonds is 6. The summed E-state index contributed by atoms with van der Waals surface area (Å²) < 4.78 is 0. The molecule has 0 amide bonds. The molecular weight excluding hydrogens is 258 g/mol. The van der Waals surface area contributed by atoms with E-state index < -0.39 is 0 Å². The highest BCUT2D eigenvalue weighted by Gasteiger charge is 2.19. The van der Waals surface area contributed by atoms with Crippen molar-refractivity contribution in [1.29, 1.82) is 0 Å². The second-order valence-electron chi connectivity index (χ2n) is 6.53. The molecule has 3 nitrogen and oxygen atoms in total. The average molecular weight is 289 g/mol. The van der Waals surface area contributed by atoms with Gasteiger partial charge in [-0.3, -0.25) is 0 Å². The fourth-order valence-electron chi connectivity index (χ4n) is 2.99. The molecule has 1 aliphatic heterocycles. The van der Waals surface area contributed by atoms with Crippen LogP contribution in [0.5, 0.6) is 0 Å². The van der Waals surface area contributed by atoms with Gasteiger partial charge in [-0.05, 0) is 48.9 Å². The van der Waals surface area contributed by atoms with E-state index >= 15 is 0 Å². The molecule has 118 valence electrons. The highest BCUT2D eigenvalue weighted by Crippen LogP contribution is 2.26. The number of aromatic nitrogens is 1. The van der Waals surface area contributed by atoms with Gasteiger partial charge in [-0.2, -0.15) is 0 Å². The van der Waals surface area contributed by atoms with Crippen LogP contribution in [0, 0.1) is 5.92 Å². The van der Waals surface area contributed by atoms with Crippen molar-refractivity contribution in [1.82, 2.24) is 10.3 Å². The van der Waals surface area contributed by atoms with Gasteiger partial charge < -0.3 is 10.2 Å². The Labute approximate surface area is 130 Å². The SMILES string of the molecule is CCNCc1cc(C(C)C)nc(N2CCC(CC)CC2)c1. The lowest BCUT2D eigenvalue weighted by atomic mass is 9.94. The minimum Gasteiger partial charge on any atom is -0.357 e. The van der Waals surface area contributed by atoms with Crippen LogP contribution in [0.1, 0.15) is 64.1 Å². The smallest absolute Gasteiger partial charge is 0.129 e. The number of piperidine rings is 1. The van der Waals surface area contributed by atoms with Gasteiger partial charge in [0, 0.05) is 25.3 Å². The van der Waals surface area contributed by atoms with Crippen LogP contribution < -0.4 is 10.2 Å². The number of hydrogen-bond acceptors (Lipinski definition) is 3. The Morgan fingerprint density at radius 1 is 1.24 bits per heavy atom. The summed E-state index contributed by atoms with van der Waals surface area (Å²) in [4.78, 5) is 7.39. The Kier molecular flexibility index (Phi) is 6.04. The predicted molar refractivity (Wildman–Crippen MR) is 90.9 cm³/mol. The van der Waals surface area contributed by atoms with Crippen LogP contribution in [0.25, 0.3) is 0 Å². The van der Waals surface area contributed by atoms with Gasteiger partial charge in [0.25, 0.3) is 0 Å². The van der Waals surface area contributed by atoms with E-state index in [9.17, 15) is 0 Å². The van der Waals surface area contributed by atoms with Crippen LogP contribution in [0.3, 0.4) is 0 Å². The van der Waals surface area contributed by atoms with Crippen molar-refractivity contribution in [3.63, 3.8) is 0 Å². The van der Waals surface area contributed by atoms with Gasteiger partial charge in [-0.25, -0.2) is 4.98 Å². The maximum absolute atomic E-state index is 4.91. The lowest BCUT2D eigenvalue weighted by Crippen LogP contribution is -2.34. The molecule has 3 heteroatoms. The van der Waals surface area contributed by atoms with Gasteiger partial charge in [0.2, 0.25) is 0 Å². The van der Waals surface area contributed by atoms with Crippen molar-refractivity contribution in [2.45, 2.75) is 59.4 Å². The quantitative estimate of drug-likeness (QED) is 0.859. The zero-order valence-corrected chi connectivity index (χ0v) is 14.2. The maximum atomic E-state index is 4.91. The monoisotopic (exact) mass is 289 g/mol. The number of anilines is 1. The number of pyridine rings is 1. The van der Waals surface area contributed by atoms with Crippen LogP contribution in [0.15, 0.2) is 12.1 Å². The Bertz CT molecular complexity index is 434. The van der Waals surface area contributed by atoms with Crippen LogP contribution >= 0.6 is 0 Å². The standard InChI is InChI=1S/C18H31N3/c1-5-15-7-9-21(10-8-15)18-12-16(13-19-6-2)11-17(20-18)14(3)4/h11-12,14-15,19H,5-10,13H2,1-4H3. The van der Waals surface area contributed by atoms with Gasteiger partial charge in [-0.1, -0.05) is 34.1 Å². The molecule has 21 heavy (non-hydrogen) atoms. The highest BCUT2D eigenvalue weighted by atomic mass is 15.2. The van der Waals surface area contributed by atoms with Crippen molar-refractivity contribution < 1.29 is 0 Å². The molecule has 0 spiro atoms. The van der Waals surface area contributed by atoms with Gasteiger partial charge >= 0.3 is 0 Å². The number of hydrogen-bond donors (Lipinski definition) is 1. The summed E-state index contributed by atoms with van der Waals surface area (Å²) >= 11 is 0. The Hall–Kier alpha value is -1.09. The van der Waals surface area contributed by atoms with Crippen molar-refractivity contribution in [3.8, 4) is 0 Å². The zero-order chi connectivity index (χ0) is 15.2. The largest absolute Gasteiger partial charge is 0.357 e. The maximum Gasteiger partial charge on any atom is 0.129 e. The van der Waals surface area contributed by atoms with E-state index in [-0.39, 0.29) is 0 Å². The van der Waals surface area contributed by atoms with Crippen molar-refractivity contribution in [2.24, 2.45) is 5.92 Å². The molecule has 2 heterocycles. The van der Waals surface area contributed by atoms with E-state index in [0.29, 0.717) is 5.92 Å². The van der Waals surface area contributed by atoms with Gasteiger partial charge in [0.1, 0.15) is 5.82 Å². The zero-order valence-electron chi connectivity index (χ0n) is 14.2. The summed E-state index contributed by atoms with van der Waals surface area (Å²) in [7, 11) is 0. The topological polar surface area (TPSA) is 28.2 Å². The minimum atomic E-state index is 0.485.